The standard InChI is InChI=1S/C22H28N2O2/c1-16-11-12-20(26-3)19(15-16)17(2)23-22(25)21(24-13-7-8-14-24)18-9-5-4-6-10-18/h4-6,9-12,15,17,21H,7-8,13-14H2,1-3H3,(H,23,25). The van der Waals surface area contributed by atoms with E-state index in [-0.39, 0.29) is 18.0 Å². The Kier molecular flexibility index (Phi) is 5.94. The lowest BCUT2D eigenvalue weighted by Gasteiger charge is -2.29. The number of ether oxygens (including phenoxy) is 1. The molecule has 0 saturated carbocycles. The average Bonchev–Trinajstić information content (AvgIpc) is 3.17. The second-order valence-electron chi connectivity index (χ2n) is 7.03. The molecule has 0 spiro atoms. The number of nitrogens with one attached hydrogen (secondary N) is 1. The van der Waals surface area contributed by atoms with Gasteiger partial charge >= 0.3 is 0 Å². The van der Waals surface area contributed by atoms with Crippen LogP contribution >= 0.6 is 0 Å². The molecule has 4 heteroatoms. The zero-order valence-corrected chi connectivity index (χ0v) is 15.9. The molecule has 138 valence electrons. The van der Waals surface area contributed by atoms with Crippen molar-refractivity contribution in [2.75, 3.05) is 20.2 Å². The molecule has 0 aliphatic carbocycles. The molecule has 1 saturated heterocycles. The topological polar surface area (TPSA) is 41.6 Å². The summed E-state index contributed by atoms with van der Waals surface area (Å²) in [7, 11) is 1.67. The minimum Gasteiger partial charge on any atom is -0.496 e. The predicted octanol–water partition coefficient (Wildman–Crippen LogP) is 4.02. The van der Waals surface area contributed by atoms with Crippen molar-refractivity contribution in [3.8, 4) is 5.75 Å². The van der Waals surface area contributed by atoms with Gasteiger partial charge in [0, 0.05) is 5.56 Å². The Morgan fingerprint density at radius 1 is 1.12 bits per heavy atom. The number of carbonyl (C=O) groups excluding carboxylic acids is 1. The summed E-state index contributed by atoms with van der Waals surface area (Å²) in [5.41, 5.74) is 3.21. The largest absolute Gasteiger partial charge is 0.496 e. The van der Waals surface area contributed by atoms with Crippen molar-refractivity contribution in [1.82, 2.24) is 10.2 Å². The van der Waals surface area contributed by atoms with Gasteiger partial charge in [-0.1, -0.05) is 48.0 Å². The number of hydrogen-bond acceptors (Lipinski definition) is 3. The van der Waals surface area contributed by atoms with Crippen LogP contribution in [0.3, 0.4) is 0 Å². The number of aryl methyl sites for hydroxylation is 1. The molecule has 3 rings (SSSR count). The monoisotopic (exact) mass is 352 g/mol. The van der Waals surface area contributed by atoms with E-state index < -0.39 is 0 Å². The minimum absolute atomic E-state index is 0.0501. The van der Waals surface area contributed by atoms with E-state index in [0.29, 0.717) is 0 Å². The molecule has 1 aliphatic rings. The van der Waals surface area contributed by atoms with Crippen LogP contribution in [0.2, 0.25) is 0 Å². The molecule has 2 atom stereocenters. The Balaban J connectivity index is 1.82. The Hall–Kier alpha value is -2.33. The quantitative estimate of drug-likeness (QED) is 0.854. The van der Waals surface area contributed by atoms with Crippen LogP contribution in [0.15, 0.2) is 48.5 Å². The summed E-state index contributed by atoms with van der Waals surface area (Å²) < 4.78 is 5.49. The molecule has 26 heavy (non-hydrogen) atoms. The predicted molar refractivity (Wildman–Crippen MR) is 104 cm³/mol. The summed E-state index contributed by atoms with van der Waals surface area (Å²) in [6.45, 7) is 6.00. The van der Waals surface area contributed by atoms with Crippen molar-refractivity contribution in [3.63, 3.8) is 0 Å². The summed E-state index contributed by atoms with van der Waals surface area (Å²) in [6, 6.07) is 15.8. The van der Waals surface area contributed by atoms with Crippen LogP contribution < -0.4 is 10.1 Å². The van der Waals surface area contributed by atoms with E-state index in [1.807, 2.05) is 49.4 Å². The van der Waals surface area contributed by atoms with Crippen LogP contribution in [0.4, 0.5) is 0 Å². The third-order valence-electron chi connectivity index (χ3n) is 5.08. The molecule has 1 heterocycles. The third kappa shape index (κ3) is 4.07. The SMILES string of the molecule is COc1ccc(C)cc1C(C)NC(=O)C(c1ccccc1)N1CCCC1. The van der Waals surface area contributed by atoms with E-state index in [1.165, 1.54) is 0 Å². The van der Waals surface area contributed by atoms with Gasteiger partial charge in [-0.05, 0) is 51.4 Å². The molecular formula is C22H28N2O2. The molecule has 1 aliphatic heterocycles. The first kappa shape index (κ1) is 18.5. The van der Waals surface area contributed by atoms with Crippen LogP contribution in [0, 0.1) is 6.92 Å². The first-order valence-corrected chi connectivity index (χ1v) is 9.34. The van der Waals surface area contributed by atoms with Gasteiger partial charge in [0.1, 0.15) is 11.8 Å². The van der Waals surface area contributed by atoms with E-state index in [2.05, 4.69) is 23.2 Å². The fourth-order valence-electron chi connectivity index (χ4n) is 3.73. The number of hydrogen-bond donors (Lipinski definition) is 1. The maximum atomic E-state index is 13.2. The van der Waals surface area contributed by atoms with Crippen LogP contribution in [-0.2, 0) is 4.79 Å². The highest BCUT2D eigenvalue weighted by molar-refractivity contribution is 5.83. The van der Waals surface area contributed by atoms with Crippen LogP contribution in [0.5, 0.6) is 5.75 Å². The second-order valence-corrected chi connectivity index (χ2v) is 7.03. The van der Waals surface area contributed by atoms with Crippen LogP contribution in [0.1, 0.15) is 48.5 Å². The van der Waals surface area contributed by atoms with Gasteiger partial charge in [-0.3, -0.25) is 9.69 Å². The summed E-state index contributed by atoms with van der Waals surface area (Å²) in [6.07, 6.45) is 2.30. The highest BCUT2D eigenvalue weighted by atomic mass is 16.5. The zero-order valence-electron chi connectivity index (χ0n) is 15.9. The fraction of sp³-hybridized carbons (Fsp3) is 0.409. The third-order valence-corrected chi connectivity index (χ3v) is 5.08. The number of nitrogens with zero attached hydrogens (tertiary/aromatic N) is 1. The highest BCUT2D eigenvalue weighted by Crippen LogP contribution is 2.29. The smallest absolute Gasteiger partial charge is 0.242 e. The maximum Gasteiger partial charge on any atom is 0.242 e. The van der Waals surface area contributed by atoms with Gasteiger partial charge < -0.3 is 10.1 Å². The van der Waals surface area contributed by atoms with Gasteiger partial charge in [0.05, 0.1) is 13.2 Å². The van der Waals surface area contributed by atoms with E-state index in [0.717, 1.165) is 48.4 Å². The number of likely N-dealkylation sites (tertiary alicyclic amines) is 1. The Morgan fingerprint density at radius 3 is 2.46 bits per heavy atom. The summed E-state index contributed by atoms with van der Waals surface area (Å²) in [5, 5.41) is 3.21. The van der Waals surface area contributed by atoms with E-state index >= 15 is 0 Å². The second kappa shape index (κ2) is 8.37. The van der Waals surface area contributed by atoms with Crippen molar-refractivity contribution < 1.29 is 9.53 Å². The summed E-state index contributed by atoms with van der Waals surface area (Å²) in [5.74, 6) is 0.856. The van der Waals surface area contributed by atoms with Gasteiger partial charge in [0.25, 0.3) is 0 Å². The van der Waals surface area contributed by atoms with Crippen molar-refractivity contribution >= 4 is 5.91 Å². The van der Waals surface area contributed by atoms with E-state index in [1.54, 1.807) is 7.11 Å². The summed E-state index contributed by atoms with van der Waals surface area (Å²) in [4.78, 5) is 15.5. The summed E-state index contributed by atoms with van der Waals surface area (Å²) >= 11 is 0. The van der Waals surface area contributed by atoms with Gasteiger partial charge in [-0.25, -0.2) is 0 Å². The first-order valence-electron chi connectivity index (χ1n) is 9.34. The normalized spacial score (nSPS) is 16.9. The Labute approximate surface area is 156 Å². The number of rotatable bonds is 6. The maximum absolute atomic E-state index is 13.2. The number of carbonyl (C=O) groups is 1. The zero-order chi connectivity index (χ0) is 18.5. The molecule has 1 fully saturated rings. The first-order chi connectivity index (χ1) is 12.6. The van der Waals surface area contributed by atoms with Crippen molar-refractivity contribution in [2.45, 2.75) is 38.8 Å². The lowest BCUT2D eigenvalue weighted by molar-refractivity contribution is -0.127. The molecule has 2 aromatic rings. The lowest BCUT2D eigenvalue weighted by atomic mass is 10.0. The average molecular weight is 352 g/mol. The van der Waals surface area contributed by atoms with E-state index in [9.17, 15) is 4.79 Å². The molecule has 1 amide bonds. The molecule has 4 nitrogen and oxygen atoms in total. The number of methoxy groups -OCH3 is 1. The molecular weight excluding hydrogens is 324 g/mol. The molecule has 0 bridgehead atoms. The highest BCUT2D eigenvalue weighted by Gasteiger charge is 2.30. The Morgan fingerprint density at radius 2 is 1.81 bits per heavy atom. The minimum atomic E-state index is -0.239. The van der Waals surface area contributed by atoms with Gasteiger partial charge in [-0.15, -0.1) is 0 Å². The van der Waals surface area contributed by atoms with Gasteiger partial charge in [-0.2, -0.15) is 0 Å². The van der Waals surface area contributed by atoms with Crippen molar-refractivity contribution in [2.24, 2.45) is 0 Å². The van der Waals surface area contributed by atoms with Crippen molar-refractivity contribution in [3.05, 3.63) is 65.2 Å². The molecule has 0 aromatic heterocycles. The Bertz CT molecular complexity index is 739. The van der Waals surface area contributed by atoms with Gasteiger partial charge in [0.15, 0.2) is 0 Å². The molecule has 0 radical (unpaired) electrons. The fourth-order valence-corrected chi connectivity index (χ4v) is 3.73. The number of amides is 1. The van der Waals surface area contributed by atoms with Gasteiger partial charge in [0.2, 0.25) is 5.91 Å². The molecule has 1 N–H and O–H groups in total. The van der Waals surface area contributed by atoms with Crippen LogP contribution in [-0.4, -0.2) is 31.0 Å². The molecule has 2 unspecified atom stereocenters. The lowest BCUT2D eigenvalue weighted by Crippen LogP contribution is -2.40. The van der Waals surface area contributed by atoms with E-state index in [4.69, 9.17) is 4.74 Å². The van der Waals surface area contributed by atoms with Crippen LogP contribution in [0.25, 0.3) is 0 Å². The van der Waals surface area contributed by atoms with Crippen molar-refractivity contribution in [1.29, 1.82) is 0 Å². The molecule has 2 aromatic carbocycles. The number of benzene rings is 2.